The summed E-state index contributed by atoms with van der Waals surface area (Å²) >= 11 is 0. The first-order valence-corrected chi connectivity index (χ1v) is 9.39. The summed E-state index contributed by atoms with van der Waals surface area (Å²) in [6.45, 7) is 0. The number of methoxy groups -OCH3 is 1. The molecule has 4 rings (SSSR count). The van der Waals surface area contributed by atoms with E-state index in [-0.39, 0.29) is 5.56 Å². The lowest BCUT2D eigenvalue weighted by Gasteiger charge is -2.04. The number of nitrogens with one attached hydrogen (secondary N) is 1. The van der Waals surface area contributed by atoms with Crippen LogP contribution in [0.2, 0.25) is 0 Å². The van der Waals surface area contributed by atoms with Crippen molar-refractivity contribution in [3.8, 4) is 17.7 Å². The number of H-pyrrole nitrogens is 1. The molecule has 0 aliphatic rings. The Morgan fingerprint density at radius 1 is 1.00 bits per heavy atom. The number of hydrogen-bond donors (Lipinski definition) is 1. The maximum Gasteiger partial charge on any atom is 0.251 e. The summed E-state index contributed by atoms with van der Waals surface area (Å²) in [4.78, 5) is 19.5. The van der Waals surface area contributed by atoms with Crippen LogP contribution in [-0.4, -0.2) is 17.1 Å². The Bertz CT molecular complexity index is 1260. The third-order valence-corrected chi connectivity index (χ3v) is 4.69. The molecule has 0 saturated carbocycles. The maximum absolute atomic E-state index is 12.4. The number of ether oxygens (including phenoxy) is 1. The topological polar surface area (TPSA) is 55.0 Å². The van der Waals surface area contributed by atoms with Crippen molar-refractivity contribution in [2.24, 2.45) is 0 Å². The SMILES string of the molecule is COc1cc(CC#Cc2ccc3[nH]c(=O)c(Cc4ccccc4)cc3c2)ccn1. The van der Waals surface area contributed by atoms with Crippen LogP contribution in [0.15, 0.2) is 77.7 Å². The number of rotatable bonds is 4. The fraction of sp³-hybridized carbons (Fsp3) is 0.120. The molecule has 2 aromatic heterocycles. The van der Waals surface area contributed by atoms with Crippen molar-refractivity contribution in [1.29, 1.82) is 0 Å². The predicted molar refractivity (Wildman–Crippen MR) is 115 cm³/mol. The summed E-state index contributed by atoms with van der Waals surface area (Å²) in [5.74, 6) is 6.99. The molecule has 0 bridgehead atoms. The lowest BCUT2D eigenvalue weighted by atomic mass is 10.0. The second-order valence-corrected chi connectivity index (χ2v) is 6.77. The second-order valence-electron chi connectivity index (χ2n) is 6.77. The lowest BCUT2D eigenvalue weighted by molar-refractivity contribution is 0.397. The quantitative estimate of drug-likeness (QED) is 0.542. The number of fused-ring (bicyclic) bond motifs is 1. The van der Waals surface area contributed by atoms with Gasteiger partial charge in [0.15, 0.2) is 0 Å². The molecule has 29 heavy (non-hydrogen) atoms. The molecule has 4 heteroatoms. The normalized spacial score (nSPS) is 10.4. The van der Waals surface area contributed by atoms with E-state index in [0.29, 0.717) is 18.7 Å². The molecule has 142 valence electrons. The number of benzene rings is 2. The summed E-state index contributed by atoms with van der Waals surface area (Å²) in [7, 11) is 1.60. The third kappa shape index (κ3) is 4.53. The van der Waals surface area contributed by atoms with Gasteiger partial charge in [-0.2, -0.15) is 0 Å². The monoisotopic (exact) mass is 380 g/mol. The Labute approximate surface area is 169 Å². The van der Waals surface area contributed by atoms with Crippen LogP contribution in [-0.2, 0) is 12.8 Å². The Morgan fingerprint density at radius 3 is 2.69 bits per heavy atom. The standard InChI is InChI=1S/C25H20N2O2/c1-29-24-16-20(12-13-26-24)9-5-8-19-10-11-23-21(14-19)17-22(25(28)27-23)15-18-6-3-2-4-7-18/h2-4,6-7,10-14,16-17H,9,15H2,1H3,(H,27,28). The van der Waals surface area contributed by atoms with Gasteiger partial charge in [0.05, 0.1) is 7.11 Å². The number of aromatic amines is 1. The average molecular weight is 380 g/mol. The Balaban J connectivity index is 1.58. The van der Waals surface area contributed by atoms with Gasteiger partial charge in [0.2, 0.25) is 5.88 Å². The van der Waals surface area contributed by atoms with Crippen LogP contribution in [0.1, 0.15) is 22.3 Å². The number of pyridine rings is 2. The smallest absolute Gasteiger partial charge is 0.251 e. The predicted octanol–water partition coefficient (Wildman–Crippen LogP) is 4.12. The minimum absolute atomic E-state index is 0.0492. The van der Waals surface area contributed by atoms with Gasteiger partial charge in [0.1, 0.15) is 0 Å². The molecule has 0 aliphatic carbocycles. The van der Waals surface area contributed by atoms with Crippen molar-refractivity contribution in [1.82, 2.24) is 9.97 Å². The first-order valence-electron chi connectivity index (χ1n) is 9.39. The van der Waals surface area contributed by atoms with E-state index in [0.717, 1.165) is 33.2 Å². The van der Waals surface area contributed by atoms with Crippen LogP contribution in [0.3, 0.4) is 0 Å². The van der Waals surface area contributed by atoms with Gasteiger partial charge in [-0.05, 0) is 46.8 Å². The van der Waals surface area contributed by atoms with Gasteiger partial charge < -0.3 is 9.72 Å². The molecule has 4 nitrogen and oxygen atoms in total. The molecular weight excluding hydrogens is 360 g/mol. The van der Waals surface area contributed by atoms with E-state index in [2.05, 4.69) is 21.8 Å². The van der Waals surface area contributed by atoms with Crippen molar-refractivity contribution >= 4 is 10.9 Å². The lowest BCUT2D eigenvalue weighted by Crippen LogP contribution is -2.12. The maximum atomic E-state index is 12.4. The zero-order valence-electron chi connectivity index (χ0n) is 16.1. The molecule has 0 saturated heterocycles. The first-order chi connectivity index (χ1) is 14.2. The van der Waals surface area contributed by atoms with Crippen LogP contribution < -0.4 is 10.3 Å². The minimum Gasteiger partial charge on any atom is -0.481 e. The van der Waals surface area contributed by atoms with Gasteiger partial charge in [-0.1, -0.05) is 42.2 Å². The summed E-state index contributed by atoms with van der Waals surface area (Å²) in [5, 5.41) is 0.980. The second kappa shape index (κ2) is 8.45. The highest BCUT2D eigenvalue weighted by atomic mass is 16.5. The van der Waals surface area contributed by atoms with Gasteiger partial charge in [-0.3, -0.25) is 4.79 Å². The molecule has 0 radical (unpaired) electrons. The molecule has 0 spiro atoms. The summed E-state index contributed by atoms with van der Waals surface area (Å²) in [5.41, 5.74) is 4.60. The molecule has 2 aromatic carbocycles. The van der Waals surface area contributed by atoms with Crippen LogP contribution in [0, 0.1) is 11.8 Å². The highest BCUT2D eigenvalue weighted by Gasteiger charge is 2.05. The fourth-order valence-corrected chi connectivity index (χ4v) is 3.20. The fourth-order valence-electron chi connectivity index (χ4n) is 3.20. The molecule has 0 unspecified atom stereocenters. The molecule has 1 N–H and O–H groups in total. The van der Waals surface area contributed by atoms with Crippen molar-refractivity contribution in [3.05, 3.63) is 106 Å². The van der Waals surface area contributed by atoms with E-state index in [4.69, 9.17) is 4.74 Å². The van der Waals surface area contributed by atoms with Crippen LogP contribution >= 0.6 is 0 Å². The van der Waals surface area contributed by atoms with Crippen molar-refractivity contribution in [3.63, 3.8) is 0 Å². The molecule has 4 aromatic rings. The van der Waals surface area contributed by atoms with Crippen molar-refractivity contribution < 1.29 is 4.74 Å². The number of nitrogens with zero attached hydrogens (tertiary/aromatic N) is 1. The molecule has 0 fully saturated rings. The van der Waals surface area contributed by atoms with Crippen LogP contribution in [0.4, 0.5) is 0 Å². The summed E-state index contributed by atoms with van der Waals surface area (Å²) < 4.78 is 5.14. The van der Waals surface area contributed by atoms with E-state index >= 15 is 0 Å². The molecule has 0 amide bonds. The largest absolute Gasteiger partial charge is 0.481 e. The molecule has 2 heterocycles. The Hall–Kier alpha value is -3.84. The third-order valence-electron chi connectivity index (χ3n) is 4.69. The summed E-state index contributed by atoms with van der Waals surface area (Å²) in [6, 6.07) is 21.6. The molecular formula is C25H20N2O2. The van der Waals surface area contributed by atoms with E-state index in [1.165, 1.54) is 0 Å². The highest BCUT2D eigenvalue weighted by molar-refractivity contribution is 5.80. The van der Waals surface area contributed by atoms with Crippen LogP contribution in [0.5, 0.6) is 5.88 Å². The highest BCUT2D eigenvalue weighted by Crippen LogP contribution is 2.15. The van der Waals surface area contributed by atoms with E-state index in [9.17, 15) is 4.79 Å². The number of hydrogen-bond acceptors (Lipinski definition) is 3. The van der Waals surface area contributed by atoms with E-state index in [1.807, 2.05) is 66.7 Å². The minimum atomic E-state index is -0.0492. The Morgan fingerprint density at radius 2 is 1.86 bits per heavy atom. The van der Waals surface area contributed by atoms with Gasteiger partial charge in [0, 0.05) is 41.7 Å². The van der Waals surface area contributed by atoms with E-state index in [1.54, 1.807) is 13.3 Å². The van der Waals surface area contributed by atoms with Gasteiger partial charge >= 0.3 is 0 Å². The number of aromatic nitrogens is 2. The van der Waals surface area contributed by atoms with Crippen molar-refractivity contribution in [2.45, 2.75) is 12.8 Å². The molecule has 0 aliphatic heterocycles. The van der Waals surface area contributed by atoms with Crippen molar-refractivity contribution in [2.75, 3.05) is 7.11 Å². The molecule has 0 atom stereocenters. The zero-order chi connectivity index (χ0) is 20.1. The van der Waals surface area contributed by atoms with Gasteiger partial charge in [-0.15, -0.1) is 0 Å². The van der Waals surface area contributed by atoms with Gasteiger partial charge in [-0.25, -0.2) is 4.98 Å². The van der Waals surface area contributed by atoms with E-state index < -0.39 is 0 Å². The summed E-state index contributed by atoms with van der Waals surface area (Å²) in [6.07, 6.45) is 2.93. The Kier molecular flexibility index (Phi) is 5.40. The first kappa shape index (κ1) is 18.5. The van der Waals surface area contributed by atoms with Gasteiger partial charge in [0.25, 0.3) is 5.56 Å². The zero-order valence-corrected chi connectivity index (χ0v) is 16.1. The van der Waals surface area contributed by atoms with Crippen LogP contribution in [0.25, 0.3) is 10.9 Å². The average Bonchev–Trinajstić information content (AvgIpc) is 2.75.